The molecule has 1 N–H and O–H groups in total. The van der Waals surface area contributed by atoms with E-state index in [0.717, 1.165) is 24.2 Å². The van der Waals surface area contributed by atoms with Gasteiger partial charge in [-0.25, -0.2) is 4.79 Å². The Morgan fingerprint density at radius 1 is 1.19 bits per heavy atom. The lowest BCUT2D eigenvalue weighted by Gasteiger charge is -2.40. The van der Waals surface area contributed by atoms with E-state index in [2.05, 4.69) is 18.8 Å². The molecule has 3 rings (SSSR count). The van der Waals surface area contributed by atoms with Gasteiger partial charge in [0.25, 0.3) is 0 Å². The summed E-state index contributed by atoms with van der Waals surface area (Å²) in [7, 11) is 1.50. The van der Waals surface area contributed by atoms with Crippen LogP contribution in [0.5, 0.6) is 0 Å². The van der Waals surface area contributed by atoms with E-state index < -0.39 is 18.1 Å². The molecule has 37 heavy (non-hydrogen) atoms. The number of carboxylic acid groups (broad SMARTS) is 1. The van der Waals surface area contributed by atoms with Crippen molar-refractivity contribution >= 4 is 34.8 Å². The molecule has 1 saturated heterocycles. The fraction of sp³-hybridized carbons (Fsp3) is 0.679. The molecule has 8 nitrogen and oxygen atoms in total. The first-order valence-electron chi connectivity index (χ1n) is 13.1. The van der Waals surface area contributed by atoms with Crippen LogP contribution in [0.2, 0.25) is 0 Å². The summed E-state index contributed by atoms with van der Waals surface area (Å²) in [5, 5.41) is 10.1. The average Bonchev–Trinajstić information content (AvgIpc) is 3.29. The normalized spacial score (nSPS) is 21.9. The quantitative estimate of drug-likeness (QED) is 0.527. The Morgan fingerprint density at radius 3 is 2.35 bits per heavy atom. The highest BCUT2D eigenvalue weighted by Crippen LogP contribution is 2.37. The predicted molar refractivity (Wildman–Crippen MR) is 144 cm³/mol. The Kier molecular flexibility index (Phi) is 9.79. The summed E-state index contributed by atoms with van der Waals surface area (Å²) in [6, 6.07) is 0.643. The standard InChI is InChI=1S/C28H40N2O6S/c1-18-7-9-20(10-8-18)25(31)30(23(19(2)35-6)26(32)29-13-15-36-16-14-29)22-17-21(11-12-28(3,4)5)37-24(22)27(33)34/h17-20,23H,7-10,13-16H2,1-6H3,(H,33,34)/t18-,19-,20-,23+/m0/s1. The molecule has 0 spiro atoms. The van der Waals surface area contributed by atoms with Gasteiger partial charge in [0, 0.05) is 31.5 Å². The van der Waals surface area contributed by atoms with Gasteiger partial charge in [0.05, 0.1) is 29.9 Å². The number of hydrogen-bond donors (Lipinski definition) is 1. The Labute approximate surface area is 224 Å². The van der Waals surface area contributed by atoms with E-state index in [4.69, 9.17) is 9.47 Å². The van der Waals surface area contributed by atoms with E-state index in [9.17, 15) is 19.5 Å². The number of methoxy groups -OCH3 is 1. The first-order chi connectivity index (χ1) is 17.4. The fourth-order valence-electron chi connectivity index (χ4n) is 4.75. The van der Waals surface area contributed by atoms with Crippen molar-refractivity contribution in [3.05, 3.63) is 15.8 Å². The van der Waals surface area contributed by atoms with Crippen LogP contribution in [-0.4, -0.2) is 73.3 Å². The lowest BCUT2D eigenvalue weighted by Crippen LogP contribution is -2.59. The van der Waals surface area contributed by atoms with Gasteiger partial charge in [-0.2, -0.15) is 0 Å². The van der Waals surface area contributed by atoms with Gasteiger partial charge in [0.1, 0.15) is 10.9 Å². The highest BCUT2D eigenvalue weighted by molar-refractivity contribution is 7.15. The number of carbonyl (C=O) groups excluding carboxylic acids is 2. The molecule has 2 heterocycles. The van der Waals surface area contributed by atoms with Crippen molar-refractivity contribution in [1.82, 2.24) is 4.90 Å². The van der Waals surface area contributed by atoms with Crippen molar-refractivity contribution in [1.29, 1.82) is 0 Å². The zero-order chi connectivity index (χ0) is 27.3. The van der Waals surface area contributed by atoms with E-state index in [1.807, 2.05) is 20.8 Å². The third-order valence-electron chi connectivity index (χ3n) is 7.00. The summed E-state index contributed by atoms with van der Waals surface area (Å²) in [6.45, 7) is 11.5. The van der Waals surface area contributed by atoms with Gasteiger partial charge in [-0.3, -0.25) is 14.5 Å². The van der Waals surface area contributed by atoms with Crippen molar-refractivity contribution in [2.45, 2.75) is 72.4 Å². The third kappa shape index (κ3) is 7.34. The molecule has 2 aliphatic rings. The molecule has 1 aliphatic heterocycles. The lowest BCUT2D eigenvalue weighted by molar-refractivity contribution is -0.142. The Morgan fingerprint density at radius 2 is 1.81 bits per heavy atom. The van der Waals surface area contributed by atoms with E-state index in [-0.39, 0.29) is 33.7 Å². The molecule has 2 atom stereocenters. The largest absolute Gasteiger partial charge is 0.477 e. The number of ether oxygens (including phenoxy) is 2. The predicted octanol–water partition coefficient (Wildman–Crippen LogP) is 4.27. The molecule has 1 aliphatic carbocycles. The zero-order valence-corrected chi connectivity index (χ0v) is 23.7. The van der Waals surface area contributed by atoms with E-state index in [1.54, 1.807) is 17.9 Å². The molecule has 0 bridgehead atoms. The number of anilines is 1. The topological polar surface area (TPSA) is 96.4 Å². The highest BCUT2D eigenvalue weighted by Gasteiger charge is 2.43. The Balaban J connectivity index is 2.14. The first kappa shape index (κ1) is 29.2. The molecule has 1 aromatic rings. The molecule has 2 amide bonds. The second-order valence-corrected chi connectivity index (χ2v) is 12.2. The number of amides is 2. The minimum absolute atomic E-state index is 0.00110. The zero-order valence-electron chi connectivity index (χ0n) is 22.8. The number of rotatable bonds is 7. The maximum absolute atomic E-state index is 14.2. The molecule has 204 valence electrons. The summed E-state index contributed by atoms with van der Waals surface area (Å²) in [5.41, 5.74) is -0.0591. The molecule has 1 aromatic heterocycles. The van der Waals surface area contributed by atoms with Crippen molar-refractivity contribution in [3.63, 3.8) is 0 Å². The second-order valence-electron chi connectivity index (χ2n) is 11.1. The molecule has 9 heteroatoms. The average molecular weight is 533 g/mol. The summed E-state index contributed by atoms with van der Waals surface area (Å²) >= 11 is 1.03. The smallest absolute Gasteiger partial charge is 0.348 e. The van der Waals surface area contributed by atoms with Crippen LogP contribution in [0.1, 0.15) is 74.9 Å². The van der Waals surface area contributed by atoms with Crippen molar-refractivity contribution < 1.29 is 29.0 Å². The molecule has 0 aromatic carbocycles. The molecule has 2 fully saturated rings. The molecule has 0 unspecified atom stereocenters. The first-order valence-corrected chi connectivity index (χ1v) is 13.9. The molecule has 0 radical (unpaired) electrons. The number of nitrogens with zero attached hydrogens (tertiary/aromatic N) is 2. The van der Waals surface area contributed by atoms with E-state index >= 15 is 0 Å². The van der Waals surface area contributed by atoms with Crippen LogP contribution < -0.4 is 4.90 Å². The Bertz CT molecular complexity index is 1040. The monoisotopic (exact) mass is 532 g/mol. The highest BCUT2D eigenvalue weighted by atomic mass is 32.1. The summed E-state index contributed by atoms with van der Waals surface area (Å²) in [6.07, 6.45) is 2.60. The number of carbonyl (C=O) groups is 3. The van der Waals surface area contributed by atoms with Crippen LogP contribution in [0.4, 0.5) is 5.69 Å². The van der Waals surface area contributed by atoms with Crippen LogP contribution in [0.15, 0.2) is 6.07 Å². The summed E-state index contributed by atoms with van der Waals surface area (Å²) < 4.78 is 11.1. The van der Waals surface area contributed by atoms with Crippen LogP contribution >= 0.6 is 11.3 Å². The van der Waals surface area contributed by atoms with Gasteiger partial charge in [0.2, 0.25) is 11.8 Å². The molecule has 1 saturated carbocycles. The van der Waals surface area contributed by atoms with Crippen LogP contribution in [0.25, 0.3) is 0 Å². The number of aromatic carboxylic acids is 1. The van der Waals surface area contributed by atoms with Gasteiger partial charge in [0.15, 0.2) is 0 Å². The summed E-state index contributed by atoms with van der Waals surface area (Å²) in [4.78, 5) is 44.2. The number of thiophene rings is 1. The summed E-state index contributed by atoms with van der Waals surface area (Å²) in [5.74, 6) is 4.83. The minimum atomic E-state index is -1.15. The fourth-order valence-corrected chi connectivity index (χ4v) is 5.60. The maximum atomic E-state index is 14.2. The van der Waals surface area contributed by atoms with Crippen molar-refractivity contribution in [2.24, 2.45) is 17.3 Å². The van der Waals surface area contributed by atoms with Crippen LogP contribution in [0, 0.1) is 29.1 Å². The van der Waals surface area contributed by atoms with Gasteiger partial charge >= 0.3 is 5.97 Å². The van der Waals surface area contributed by atoms with Crippen molar-refractivity contribution in [2.75, 3.05) is 38.3 Å². The van der Waals surface area contributed by atoms with Crippen molar-refractivity contribution in [3.8, 4) is 11.8 Å². The Hall–Kier alpha value is -2.41. The van der Waals surface area contributed by atoms with Gasteiger partial charge in [-0.1, -0.05) is 18.8 Å². The van der Waals surface area contributed by atoms with Gasteiger partial charge < -0.3 is 19.5 Å². The number of morpholine rings is 1. The maximum Gasteiger partial charge on any atom is 0.348 e. The SMILES string of the molecule is CO[C@@H](C)[C@H](C(=O)N1CCOCC1)N(c1cc(C#CC(C)(C)C)sc1C(=O)O)C(=O)[C@H]1CC[C@H](C)CC1. The number of carboxylic acids is 1. The second kappa shape index (κ2) is 12.4. The van der Waals surface area contributed by atoms with Gasteiger partial charge in [-0.15, -0.1) is 11.3 Å². The molecular formula is C28H40N2O6S. The third-order valence-corrected chi connectivity index (χ3v) is 8.03. The molecular weight excluding hydrogens is 492 g/mol. The van der Waals surface area contributed by atoms with E-state index in [0.29, 0.717) is 49.9 Å². The van der Waals surface area contributed by atoms with E-state index in [1.165, 1.54) is 12.0 Å². The minimum Gasteiger partial charge on any atom is -0.477 e. The van der Waals surface area contributed by atoms with Crippen LogP contribution in [-0.2, 0) is 19.1 Å². The van der Waals surface area contributed by atoms with Crippen LogP contribution in [0.3, 0.4) is 0 Å². The van der Waals surface area contributed by atoms with Gasteiger partial charge in [-0.05, 0) is 65.4 Å². The lowest BCUT2D eigenvalue weighted by atomic mass is 9.82. The number of hydrogen-bond acceptors (Lipinski definition) is 6.